The Labute approximate surface area is 135 Å². The summed E-state index contributed by atoms with van der Waals surface area (Å²) in [6.45, 7) is 0.416. The van der Waals surface area contributed by atoms with Crippen molar-refractivity contribution >= 4 is 20.4 Å². The van der Waals surface area contributed by atoms with Crippen molar-refractivity contribution in [1.29, 1.82) is 0 Å². The third kappa shape index (κ3) is 2.48. The molecule has 3 fully saturated rings. The van der Waals surface area contributed by atoms with Crippen LogP contribution in [0.4, 0.5) is 0 Å². The molecule has 0 aromatic heterocycles. The summed E-state index contributed by atoms with van der Waals surface area (Å²) in [5.74, 6) is 0. The Morgan fingerprint density at radius 3 is 2.59 bits per heavy atom. The Morgan fingerprint density at radius 1 is 1.05 bits per heavy atom. The summed E-state index contributed by atoms with van der Waals surface area (Å²) in [5.41, 5.74) is 0.970. The average molecular weight is 371 g/mol. The second-order valence-corrected chi connectivity index (χ2v) is 6.07. The predicted octanol–water partition coefficient (Wildman–Crippen LogP) is 0.512. The molecule has 0 radical (unpaired) electrons. The van der Waals surface area contributed by atoms with Gasteiger partial charge in [-0.2, -0.15) is 0 Å². The summed E-state index contributed by atoms with van der Waals surface area (Å²) < 4.78 is 34.5. The van der Waals surface area contributed by atoms with Gasteiger partial charge in [0.1, 0.15) is 0 Å². The van der Waals surface area contributed by atoms with Crippen molar-refractivity contribution in [2.24, 2.45) is 0 Å². The van der Waals surface area contributed by atoms with E-state index < -0.39 is 12.6 Å². The van der Waals surface area contributed by atoms with E-state index in [0.717, 1.165) is 5.56 Å². The van der Waals surface area contributed by atoms with Gasteiger partial charge in [0.2, 0.25) is 0 Å². The van der Waals surface area contributed by atoms with Crippen molar-refractivity contribution in [3.63, 3.8) is 0 Å². The van der Waals surface area contributed by atoms with Crippen LogP contribution in [0.5, 0.6) is 0 Å². The van der Waals surface area contributed by atoms with Gasteiger partial charge in [-0.25, -0.2) is 0 Å². The van der Waals surface area contributed by atoms with E-state index in [4.69, 9.17) is 28.4 Å². The normalized spacial score (nSPS) is 40.3. The minimum atomic E-state index is -0.502. The Hall–Kier alpha value is -0.951. The number of ether oxygens (including phenoxy) is 6. The van der Waals surface area contributed by atoms with Crippen LogP contribution in [0.15, 0.2) is 30.3 Å². The van der Waals surface area contributed by atoms with Crippen LogP contribution in [-0.2, 0) is 28.4 Å². The molecule has 0 amide bonds. The molecular weight excluding hydrogens is 355 g/mol. The zero-order chi connectivity index (χ0) is 15.1. The van der Waals surface area contributed by atoms with E-state index in [2.05, 4.69) is 15.6 Å². The van der Waals surface area contributed by atoms with Crippen LogP contribution in [0.3, 0.4) is 0 Å². The molecule has 6 nitrogen and oxygen atoms in total. The number of rotatable bonds is 2. The molecule has 0 bridgehead atoms. The molecule has 0 unspecified atom stereocenters. The molecule has 3 aliphatic rings. The predicted molar refractivity (Wildman–Crippen MR) is 76.2 cm³/mol. The molecule has 0 spiro atoms. The maximum absolute atomic E-state index is 6.10. The molecule has 0 N–H and O–H groups in total. The first-order chi connectivity index (χ1) is 10.8. The van der Waals surface area contributed by atoms with Crippen LogP contribution >= 0.6 is 0 Å². The summed E-state index contributed by atoms with van der Waals surface area (Å²) in [6, 6.07) is 9.82. The van der Waals surface area contributed by atoms with Crippen LogP contribution < -0.4 is 0 Å². The average Bonchev–Trinajstić information content (AvgIpc) is 2.96. The summed E-state index contributed by atoms with van der Waals surface area (Å²) in [4.78, 5) is 0.396. The van der Waals surface area contributed by atoms with E-state index in [0.29, 0.717) is 11.4 Å². The molecular formula is C15H16O6Se. The molecule has 3 heterocycles. The first kappa shape index (κ1) is 14.6. The number of fused-ring (bicyclic) bond motifs is 3. The van der Waals surface area contributed by atoms with Gasteiger partial charge in [0.05, 0.1) is 0 Å². The number of benzene rings is 1. The molecule has 3 aliphatic heterocycles. The third-order valence-corrected chi connectivity index (χ3v) is 4.46. The zero-order valence-corrected chi connectivity index (χ0v) is 13.6. The van der Waals surface area contributed by atoms with Crippen molar-refractivity contribution in [1.82, 2.24) is 0 Å². The summed E-state index contributed by atoms with van der Waals surface area (Å²) >= 11 is 2.75. The fourth-order valence-corrected chi connectivity index (χ4v) is 3.49. The van der Waals surface area contributed by atoms with Crippen LogP contribution in [-0.4, -0.2) is 64.8 Å². The van der Waals surface area contributed by atoms with Gasteiger partial charge in [0.15, 0.2) is 0 Å². The molecule has 0 aliphatic carbocycles. The van der Waals surface area contributed by atoms with Crippen molar-refractivity contribution in [2.45, 2.75) is 37.0 Å². The first-order valence-corrected chi connectivity index (χ1v) is 7.99. The molecule has 1 aromatic rings. The van der Waals surface area contributed by atoms with E-state index in [1.54, 1.807) is 7.11 Å². The molecule has 1 aromatic carbocycles. The minimum absolute atomic E-state index is 0.249. The SMILES string of the molecule is CO[C@H]1O[C@@H]2CO[C@@H](c3ccccc3)O[C@H]2[C@@H]2OC(=[Se])O[C@H]12. The van der Waals surface area contributed by atoms with Gasteiger partial charge >= 0.3 is 135 Å². The van der Waals surface area contributed by atoms with E-state index in [-0.39, 0.29) is 24.4 Å². The van der Waals surface area contributed by atoms with Crippen LogP contribution in [0.2, 0.25) is 0 Å². The second kappa shape index (κ2) is 5.92. The second-order valence-electron chi connectivity index (χ2n) is 5.37. The van der Waals surface area contributed by atoms with Gasteiger partial charge in [-0.1, -0.05) is 0 Å². The van der Waals surface area contributed by atoms with Gasteiger partial charge in [-0.3, -0.25) is 0 Å². The molecule has 118 valence electrons. The molecule has 0 saturated carbocycles. The van der Waals surface area contributed by atoms with E-state index >= 15 is 0 Å². The third-order valence-electron chi connectivity index (χ3n) is 4.05. The molecule has 3 saturated heterocycles. The quantitative estimate of drug-likeness (QED) is 0.707. The molecule has 7 heteroatoms. The van der Waals surface area contributed by atoms with Crippen molar-refractivity contribution in [2.75, 3.05) is 13.7 Å². The van der Waals surface area contributed by atoms with Crippen LogP contribution in [0.25, 0.3) is 0 Å². The molecule has 4 rings (SSSR count). The summed E-state index contributed by atoms with van der Waals surface area (Å²) in [7, 11) is 1.58. The van der Waals surface area contributed by atoms with Crippen LogP contribution in [0, 0.1) is 0 Å². The number of hydrogen-bond acceptors (Lipinski definition) is 6. The Balaban J connectivity index is 1.56. The van der Waals surface area contributed by atoms with Gasteiger partial charge in [0.25, 0.3) is 0 Å². The Bertz CT molecular complexity index is 552. The maximum atomic E-state index is 6.10. The van der Waals surface area contributed by atoms with E-state index in [1.807, 2.05) is 30.3 Å². The van der Waals surface area contributed by atoms with Crippen molar-refractivity contribution < 1.29 is 28.4 Å². The fraction of sp³-hybridized carbons (Fsp3) is 0.533. The zero-order valence-electron chi connectivity index (χ0n) is 11.9. The Morgan fingerprint density at radius 2 is 1.82 bits per heavy atom. The molecule has 22 heavy (non-hydrogen) atoms. The monoisotopic (exact) mass is 372 g/mol. The fourth-order valence-electron chi connectivity index (χ4n) is 3.03. The van der Waals surface area contributed by atoms with Crippen LogP contribution in [0.1, 0.15) is 11.9 Å². The van der Waals surface area contributed by atoms with E-state index in [1.165, 1.54) is 0 Å². The first-order valence-electron chi connectivity index (χ1n) is 7.14. The van der Waals surface area contributed by atoms with Crippen molar-refractivity contribution in [3.8, 4) is 0 Å². The Kier molecular flexibility index (Phi) is 3.94. The molecule has 6 atom stereocenters. The standard InChI is InChI=1S/C15H16O6Se/c1-16-14-12-11(20-15(22)21-12)10-9(18-14)7-17-13(19-10)8-5-3-2-4-6-8/h2-6,9-14H,7H2,1H3/t9-,10-,11+,12+,13-,14+/m1/s1. The van der Waals surface area contributed by atoms with Gasteiger partial charge in [-0.15, -0.1) is 0 Å². The number of methoxy groups -OCH3 is 1. The number of hydrogen-bond donors (Lipinski definition) is 0. The van der Waals surface area contributed by atoms with Gasteiger partial charge < -0.3 is 0 Å². The van der Waals surface area contributed by atoms with Crippen molar-refractivity contribution in [3.05, 3.63) is 35.9 Å². The topological polar surface area (TPSA) is 55.4 Å². The van der Waals surface area contributed by atoms with Gasteiger partial charge in [0, 0.05) is 0 Å². The van der Waals surface area contributed by atoms with E-state index in [9.17, 15) is 0 Å². The van der Waals surface area contributed by atoms with Gasteiger partial charge in [-0.05, 0) is 0 Å². The summed E-state index contributed by atoms with van der Waals surface area (Å²) in [5, 5.41) is 0. The summed E-state index contributed by atoms with van der Waals surface area (Å²) in [6.07, 6.45) is -2.09.